The number of hydrogen-bond acceptors (Lipinski definition) is 3. The predicted molar refractivity (Wildman–Crippen MR) is 67.0 cm³/mol. The van der Waals surface area contributed by atoms with Gasteiger partial charge >= 0.3 is 5.97 Å². The highest BCUT2D eigenvalue weighted by Gasteiger charge is 2.16. The van der Waals surface area contributed by atoms with Crippen LogP contribution in [0.2, 0.25) is 0 Å². The zero-order valence-electron chi connectivity index (χ0n) is 10.7. The Morgan fingerprint density at radius 1 is 1.47 bits per heavy atom. The van der Waals surface area contributed by atoms with E-state index in [4.69, 9.17) is 5.11 Å². The normalized spacial score (nSPS) is 10.7. The molecule has 0 aliphatic carbocycles. The van der Waals surface area contributed by atoms with E-state index in [-0.39, 0.29) is 11.6 Å². The number of halogens is 1. The minimum absolute atomic E-state index is 0.274. The molecule has 0 atom stereocenters. The molecule has 2 aromatic rings. The Labute approximate surface area is 109 Å². The summed E-state index contributed by atoms with van der Waals surface area (Å²) in [6, 6.07) is 4.65. The molecule has 0 saturated carbocycles. The monoisotopic (exact) mass is 263 g/mol. The molecule has 1 aromatic carbocycles. The Balaban J connectivity index is 2.52. The summed E-state index contributed by atoms with van der Waals surface area (Å²) >= 11 is 0. The Bertz CT molecular complexity index is 622. The highest BCUT2D eigenvalue weighted by Crippen LogP contribution is 2.15. The van der Waals surface area contributed by atoms with E-state index >= 15 is 0 Å². The molecule has 1 aromatic heterocycles. The topological polar surface area (TPSA) is 68.0 Å². The second-order valence-corrected chi connectivity index (χ2v) is 4.25. The Kier molecular flexibility index (Phi) is 3.59. The molecular weight excluding hydrogens is 249 g/mol. The fourth-order valence-corrected chi connectivity index (χ4v) is 1.74. The molecule has 0 amide bonds. The molecular formula is C13H14FN3O2. The van der Waals surface area contributed by atoms with Crippen molar-refractivity contribution in [3.63, 3.8) is 0 Å². The molecule has 0 unspecified atom stereocenters. The van der Waals surface area contributed by atoms with Gasteiger partial charge in [0, 0.05) is 6.42 Å². The molecule has 100 valence electrons. The fraction of sp³-hybridized carbons (Fsp3) is 0.308. The SMILES string of the molecule is CCCc1nc(C(=O)O)nn1-c1ccc(C)c(F)c1. The van der Waals surface area contributed by atoms with Crippen LogP contribution >= 0.6 is 0 Å². The van der Waals surface area contributed by atoms with Gasteiger partial charge in [0.25, 0.3) is 5.82 Å². The van der Waals surface area contributed by atoms with Gasteiger partial charge in [-0.1, -0.05) is 13.0 Å². The number of carboxylic acids is 1. The van der Waals surface area contributed by atoms with Crippen molar-refractivity contribution in [2.24, 2.45) is 0 Å². The van der Waals surface area contributed by atoms with Gasteiger partial charge in [-0.25, -0.2) is 18.9 Å². The predicted octanol–water partition coefficient (Wildman–Crippen LogP) is 2.37. The quantitative estimate of drug-likeness (QED) is 0.919. The summed E-state index contributed by atoms with van der Waals surface area (Å²) in [5.41, 5.74) is 1.01. The van der Waals surface area contributed by atoms with Crippen LogP contribution < -0.4 is 0 Å². The van der Waals surface area contributed by atoms with E-state index in [0.717, 1.165) is 6.42 Å². The van der Waals surface area contributed by atoms with Crippen molar-refractivity contribution in [2.45, 2.75) is 26.7 Å². The largest absolute Gasteiger partial charge is 0.475 e. The minimum atomic E-state index is -1.19. The van der Waals surface area contributed by atoms with E-state index in [1.165, 1.54) is 10.7 Å². The molecule has 1 N–H and O–H groups in total. The number of carbonyl (C=O) groups is 1. The third-order valence-corrected chi connectivity index (χ3v) is 2.74. The second-order valence-electron chi connectivity index (χ2n) is 4.25. The van der Waals surface area contributed by atoms with E-state index in [1.54, 1.807) is 19.1 Å². The van der Waals surface area contributed by atoms with Gasteiger partial charge in [0.2, 0.25) is 0 Å². The van der Waals surface area contributed by atoms with Crippen LogP contribution in [-0.4, -0.2) is 25.8 Å². The Hall–Kier alpha value is -2.24. The van der Waals surface area contributed by atoms with Gasteiger partial charge in [-0.2, -0.15) is 0 Å². The molecule has 0 radical (unpaired) electrons. The first kappa shape index (κ1) is 13.2. The first-order valence-corrected chi connectivity index (χ1v) is 5.98. The van der Waals surface area contributed by atoms with Crippen molar-refractivity contribution in [3.8, 4) is 5.69 Å². The van der Waals surface area contributed by atoms with Gasteiger partial charge in [-0.05, 0) is 31.0 Å². The molecule has 19 heavy (non-hydrogen) atoms. The molecule has 0 aliphatic rings. The van der Waals surface area contributed by atoms with Gasteiger partial charge in [0.15, 0.2) is 0 Å². The van der Waals surface area contributed by atoms with Gasteiger partial charge in [0.05, 0.1) is 5.69 Å². The summed E-state index contributed by atoms with van der Waals surface area (Å²) in [6.07, 6.45) is 1.38. The van der Waals surface area contributed by atoms with Gasteiger partial charge in [-0.3, -0.25) is 0 Å². The lowest BCUT2D eigenvalue weighted by Crippen LogP contribution is -2.04. The van der Waals surface area contributed by atoms with Crippen LogP contribution in [-0.2, 0) is 6.42 Å². The number of aromatic nitrogens is 3. The van der Waals surface area contributed by atoms with Gasteiger partial charge in [-0.15, -0.1) is 5.10 Å². The number of aromatic carboxylic acids is 1. The fourth-order valence-electron chi connectivity index (χ4n) is 1.74. The number of hydrogen-bond donors (Lipinski definition) is 1. The van der Waals surface area contributed by atoms with Crippen molar-refractivity contribution in [2.75, 3.05) is 0 Å². The molecule has 2 rings (SSSR count). The third-order valence-electron chi connectivity index (χ3n) is 2.74. The van der Waals surface area contributed by atoms with E-state index < -0.39 is 5.97 Å². The van der Waals surface area contributed by atoms with Crippen LogP contribution in [0.5, 0.6) is 0 Å². The Morgan fingerprint density at radius 3 is 2.79 bits per heavy atom. The molecule has 6 heteroatoms. The standard InChI is InChI=1S/C13H14FN3O2/c1-3-4-11-15-12(13(18)19)16-17(11)9-6-5-8(2)10(14)7-9/h5-7H,3-4H2,1-2H3,(H,18,19). The van der Waals surface area contributed by atoms with Crippen molar-refractivity contribution >= 4 is 5.97 Å². The maximum absolute atomic E-state index is 13.6. The first-order valence-electron chi connectivity index (χ1n) is 5.98. The second kappa shape index (κ2) is 5.17. The number of aryl methyl sites for hydroxylation is 2. The number of benzene rings is 1. The number of nitrogens with zero attached hydrogens (tertiary/aromatic N) is 3. The molecule has 0 aliphatic heterocycles. The minimum Gasteiger partial charge on any atom is -0.475 e. The van der Waals surface area contributed by atoms with Crippen LogP contribution in [0, 0.1) is 12.7 Å². The molecule has 5 nitrogen and oxygen atoms in total. The zero-order chi connectivity index (χ0) is 14.0. The van der Waals surface area contributed by atoms with Crippen molar-refractivity contribution < 1.29 is 14.3 Å². The average molecular weight is 263 g/mol. The van der Waals surface area contributed by atoms with Crippen molar-refractivity contribution in [1.29, 1.82) is 0 Å². The summed E-state index contributed by atoms with van der Waals surface area (Å²) in [7, 11) is 0. The number of rotatable bonds is 4. The molecule has 0 bridgehead atoms. The van der Waals surface area contributed by atoms with E-state index in [1.807, 2.05) is 6.92 Å². The van der Waals surface area contributed by atoms with Crippen LogP contribution in [0.3, 0.4) is 0 Å². The highest BCUT2D eigenvalue weighted by atomic mass is 19.1. The lowest BCUT2D eigenvalue weighted by atomic mass is 10.2. The van der Waals surface area contributed by atoms with Crippen molar-refractivity contribution in [1.82, 2.24) is 14.8 Å². The summed E-state index contributed by atoms with van der Waals surface area (Å²) in [5, 5.41) is 12.8. The van der Waals surface area contributed by atoms with E-state index in [2.05, 4.69) is 10.1 Å². The average Bonchev–Trinajstić information content (AvgIpc) is 2.77. The van der Waals surface area contributed by atoms with Crippen LogP contribution in [0.1, 0.15) is 35.4 Å². The molecule has 0 fully saturated rings. The summed E-state index contributed by atoms with van der Waals surface area (Å²) < 4.78 is 15.0. The summed E-state index contributed by atoms with van der Waals surface area (Å²) in [4.78, 5) is 14.9. The van der Waals surface area contributed by atoms with Crippen molar-refractivity contribution in [3.05, 3.63) is 41.2 Å². The smallest absolute Gasteiger partial charge is 0.375 e. The maximum atomic E-state index is 13.6. The maximum Gasteiger partial charge on any atom is 0.375 e. The first-order chi connectivity index (χ1) is 9.02. The summed E-state index contributed by atoms with van der Waals surface area (Å²) in [6.45, 7) is 3.62. The Morgan fingerprint density at radius 2 is 2.21 bits per heavy atom. The lowest BCUT2D eigenvalue weighted by molar-refractivity contribution is 0.0683. The molecule has 1 heterocycles. The molecule has 0 saturated heterocycles. The van der Waals surface area contributed by atoms with Gasteiger partial charge in [0.1, 0.15) is 11.6 Å². The van der Waals surface area contributed by atoms with Gasteiger partial charge < -0.3 is 5.11 Å². The lowest BCUT2D eigenvalue weighted by Gasteiger charge is -2.06. The molecule has 0 spiro atoms. The summed E-state index contributed by atoms with van der Waals surface area (Å²) in [5.74, 6) is -1.30. The van der Waals surface area contributed by atoms with E-state index in [0.29, 0.717) is 23.5 Å². The third kappa shape index (κ3) is 2.62. The highest BCUT2D eigenvalue weighted by molar-refractivity contribution is 5.83. The van der Waals surface area contributed by atoms with Crippen LogP contribution in [0.15, 0.2) is 18.2 Å². The van der Waals surface area contributed by atoms with E-state index in [9.17, 15) is 9.18 Å². The van der Waals surface area contributed by atoms with Crippen LogP contribution in [0.4, 0.5) is 4.39 Å². The number of carboxylic acid groups (broad SMARTS) is 1. The van der Waals surface area contributed by atoms with Crippen LogP contribution in [0.25, 0.3) is 5.69 Å². The zero-order valence-corrected chi connectivity index (χ0v) is 10.7.